The van der Waals surface area contributed by atoms with Crippen LogP contribution in [-0.4, -0.2) is 23.7 Å². The van der Waals surface area contributed by atoms with Crippen LogP contribution in [0.2, 0.25) is 0 Å². The van der Waals surface area contributed by atoms with E-state index in [9.17, 15) is 22.5 Å². The van der Waals surface area contributed by atoms with Gasteiger partial charge in [-0.3, -0.25) is 14.5 Å². The van der Waals surface area contributed by atoms with E-state index in [-0.39, 0.29) is 74.6 Å². The van der Waals surface area contributed by atoms with E-state index in [0.717, 1.165) is 11.0 Å². The Morgan fingerprint density at radius 2 is 1.30 bits per heavy atom. The molecule has 8 heteroatoms. The minimum atomic E-state index is -5.20. The number of imide groups is 1. The van der Waals surface area contributed by atoms with Gasteiger partial charge in [0.15, 0.2) is 0 Å². The maximum atomic E-state index is 13.1. The molecule has 0 bridgehead atoms. The topological polar surface area (TPSA) is 37.4 Å². The van der Waals surface area contributed by atoms with Crippen LogP contribution < -0.4 is 56.8 Å². The Balaban J connectivity index is 0.00000192. The molecule has 2 aromatic carbocycles. The molecule has 0 spiro atoms. The van der Waals surface area contributed by atoms with Gasteiger partial charge in [0.25, 0.3) is 11.8 Å². The van der Waals surface area contributed by atoms with Crippen LogP contribution >= 0.6 is 0 Å². The van der Waals surface area contributed by atoms with Crippen molar-refractivity contribution in [2.75, 3.05) is 0 Å². The molecule has 0 saturated heterocycles. The molecule has 0 aliphatic carbocycles. The molecular formula is C15H10BF3KNO2. The van der Waals surface area contributed by atoms with Crippen LogP contribution in [0.4, 0.5) is 12.9 Å². The van der Waals surface area contributed by atoms with Crippen molar-refractivity contribution < 1.29 is 73.9 Å². The number of halogens is 3. The van der Waals surface area contributed by atoms with Crippen molar-refractivity contribution in [3.63, 3.8) is 0 Å². The molecule has 3 rings (SSSR count). The molecule has 1 aliphatic heterocycles. The molecule has 0 radical (unpaired) electrons. The first-order valence-electron chi connectivity index (χ1n) is 6.62. The SMILES string of the molecule is O=C1c2ccccc2C(=O)N1Cc1ccccc1[B-](F)(F)F.[K+]. The van der Waals surface area contributed by atoms with Gasteiger partial charge in [-0.25, -0.2) is 0 Å². The Labute approximate surface area is 173 Å². The molecule has 0 fully saturated rings. The third-order valence-corrected chi connectivity index (χ3v) is 3.61. The molecule has 3 nitrogen and oxygen atoms in total. The Morgan fingerprint density at radius 1 is 0.826 bits per heavy atom. The van der Waals surface area contributed by atoms with E-state index in [2.05, 4.69) is 0 Å². The van der Waals surface area contributed by atoms with Crippen LogP contribution in [0.25, 0.3) is 0 Å². The first-order chi connectivity index (χ1) is 10.4. The van der Waals surface area contributed by atoms with Crippen molar-refractivity contribution in [1.29, 1.82) is 0 Å². The molecule has 2 aromatic rings. The van der Waals surface area contributed by atoms with Crippen LogP contribution in [-0.2, 0) is 6.54 Å². The first kappa shape index (κ1) is 18.4. The van der Waals surface area contributed by atoms with Gasteiger partial charge in [-0.1, -0.05) is 42.0 Å². The van der Waals surface area contributed by atoms with E-state index in [1.807, 2.05) is 0 Å². The average molecular weight is 343 g/mol. The monoisotopic (exact) mass is 343 g/mol. The summed E-state index contributed by atoms with van der Waals surface area (Å²) in [4.78, 5) is 25.3. The van der Waals surface area contributed by atoms with Gasteiger partial charge in [0.2, 0.25) is 0 Å². The molecule has 1 aliphatic rings. The minimum Gasteiger partial charge on any atom is -0.445 e. The van der Waals surface area contributed by atoms with Crippen molar-refractivity contribution in [2.45, 2.75) is 6.54 Å². The molecule has 0 saturated carbocycles. The van der Waals surface area contributed by atoms with E-state index >= 15 is 0 Å². The quantitative estimate of drug-likeness (QED) is 0.559. The number of hydrogen-bond donors (Lipinski definition) is 0. The summed E-state index contributed by atoms with van der Waals surface area (Å²) in [6.45, 7) is -5.59. The fourth-order valence-corrected chi connectivity index (χ4v) is 2.55. The van der Waals surface area contributed by atoms with E-state index in [1.54, 1.807) is 12.1 Å². The van der Waals surface area contributed by atoms with Crippen LogP contribution in [0.1, 0.15) is 26.3 Å². The standard InChI is InChI=1S/C15H10BF3NO2.K/c17-16(18,19)13-8-4-1-5-10(13)9-20-14(21)11-6-2-3-7-12(11)15(20)22;/h1-8H,9H2;/q-1;+1. The molecule has 112 valence electrons. The minimum absolute atomic E-state index is 0. The van der Waals surface area contributed by atoms with E-state index < -0.39 is 24.3 Å². The van der Waals surface area contributed by atoms with Crippen LogP contribution in [0.5, 0.6) is 0 Å². The molecule has 0 N–H and O–H groups in total. The molecule has 0 unspecified atom stereocenters. The Kier molecular flexibility index (Phi) is 5.52. The fraction of sp³-hybridized carbons (Fsp3) is 0.0667. The number of benzene rings is 2. The molecule has 1 heterocycles. The van der Waals surface area contributed by atoms with Crippen molar-refractivity contribution in [2.24, 2.45) is 0 Å². The summed E-state index contributed by atoms with van der Waals surface area (Å²) >= 11 is 0. The van der Waals surface area contributed by atoms with Crippen molar-refractivity contribution >= 4 is 24.3 Å². The predicted molar refractivity (Wildman–Crippen MR) is 75.8 cm³/mol. The summed E-state index contributed by atoms with van der Waals surface area (Å²) in [5.41, 5.74) is -0.409. The second-order valence-electron chi connectivity index (χ2n) is 5.02. The van der Waals surface area contributed by atoms with Gasteiger partial charge in [-0.15, -0.1) is 5.46 Å². The predicted octanol–water partition coefficient (Wildman–Crippen LogP) is -0.459. The van der Waals surface area contributed by atoms with E-state index in [1.165, 1.54) is 30.3 Å². The number of fused-ring (bicyclic) bond motifs is 1. The smallest absolute Gasteiger partial charge is 0.445 e. The molecule has 23 heavy (non-hydrogen) atoms. The Hall–Kier alpha value is -0.929. The van der Waals surface area contributed by atoms with Crippen molar-refractivity contribution in [3.05, 3.63) is 65.2 Å². The maximum absolute atomic E-state index is 13.1. The normalized spacial score (nSPS) is 13.8. The van der Waals surface area contributed by atoms with Gasteiger partial charge < -0.3 is 12.9 Å². The zero-order valence-corrected chi connectivity index (χ0v) is 15.4. The summed E-state index contributed by atoms with van der Waals surface area (Å²) in [5, 5.41) is 0. The van der Waals surface area contributed by atoms with Gasteiger partial charge >= 0.3 is 58.4 Å². The second-order valence-corrected chi connectivity index (χ2v) is 5.02. The summed E-state index contributed by atoms with van der Waals surface area (Å²) < 4.78 is 39.2. The van der Waals surface area contributed by atoms with Crippen LogP contribution in [0.15, 0.2) is 48.5 Å². The number of carbonyl (C=O) groups excluding carboxylic acids is 2. The second kappa shape index (κ2) is 6.90. The van der Waals surface area contributed by atoms with Gasteiger partial charge in [-0.05, 0) is 12.1 Å². The summed E-state index contributed by atoms with van der Waals surface area (Å²) in [5.74, 6) is -1.13. The number of carbonyl (C=O) groups is 2. The zero-order valence-electron chi connectivity index (χ0n) is 12.3. The zero-order chi connectivity index (χ0) is 15.9. The Morgan fingerprint density at radius 3 is 1.83 bits per heavy atom. The van der Waals surface area contributed by atoms with Crippen molar-refractivity contribution in [1.82, 2.24) is 4.90 Å². The molecular weight excluding hydrogens is 333 g/mol. The van der Waals surface area contributed by atoms with Gasteiger partial charge in [-0.2, -0.15) is 0 Å². The fourth-order valence-electron chi connectivity index (χ4n) is 2.55. The average Bonchev–Trinajstić information content (AvgIpc) is 2.72. The summed E-state index contributed by atoms with van der Waals surface area (Å²) in [6, 6.07) is 11.2. The summed E-state index contributed by atoms with van der Waals surface area (Å²) in [6.07, 6.45) is 0. The summed E-state index contributed by atoms with van der Waals surface area (Å²) in [7, 11) is 0. The number of hydrogen-bond acceptors (Lipinski definition) is 2. The third-order valence-electron chi connectivity index (χ3n) is 3.61. The van der Waals surface area contributed by atoms with Gasteiger partial charge in [0.1, 0.15) is 0 Å². The molecule has 2 amide bonds. The number of rotatable bonds is 3. The van der Waals surface area contributed by atoms with Crippen LogP contribution in [0.3, 0.4) is 0 Å². The maximum Gasteiger partial charge on any atom is 1.00 e. The third kappa shape index (κ3) is 3.46. The largest absolute Gasteiger partial charge is 1.00 e. The van der Waals surface area contributed by atoms with Gasteiger partial charge in [0, 0.05) is 0 Å². The van der Waals surface area contributed by atoms with Gasteiger partial charge in [0.05, 0.1) is 17.7 Å². The van der Waals surface area contributed by atoms with E-state index in [4.69, 9.17) is 0 Å². The van der Waals surface area contributed by atoms with Crippen molar-refractivity contribution in [3.8, 4) is 0 Å². The van der Waals surface area contributed by atoms with E-state index in [0.29, 0.717) is 0 Å². The first-order valence-corrected chi connectivity index (χ1v) is 6.62. The molecule has 0 atom stereocenters. The Bertz CT molecular complexity index is 744. The number of amides is 2. The van der Waals surface area contributed by atoms with Crippen LogP contribution in [0, 0.1) is 0 Å². The number of nitrogens with zero attached hydrogens (tertiary/aromatic N) is 1. The molecule has 0 aromatic heterocycles.